The first kappa shape index (κ1) is 16.7. The van der Waals surface area contributed by atoms with Crippen LogP contribution in [0.1, 0.15) is 33.0 Å². The van der Waals surface area contributed by atoms with Crippen molar-refractivity contribution in [2.24, 2.45) is 0 Å². The third-order valence-electron chi connectivity index (χ3n) is 3.60. The topological polar surface area (TPSA) is 52.3 Å². The van der Waals surface area contributed by atoms with Gasteiger partial charge in [-0.05, 0) is 73.5 Å². The minimum absolute atomic E-state index is 0.113. The summed E-state index contributed by atoms with van der Waals surface area (Å²) in [5.74, 6) is 2.01. The third-order valence-corrected chi connectivity index (χ3v) is 3.60. The fraction of sp³-hybridized carbons (Fsp3) is 0.143. The molecule has 1 aromatic carbocycles. The maximum Gasteiger partial charge on any atom is 0.187 e. The maximum absolute atomic E-state index is 12.0. The number of ether oxygens (including phenoxy) is 1. The van der Waals surface area contributed by atoms with Crippen molar-refractivity contribution in [3.05, 3.63) is 89.1 Å². The number of benzene rings is 1. The molecule has 0 saturated carbocycles. The maximum atomic E-state index is 12.0. The minimum Gasteiger partial charge on any atom is -0.486 e. The summed E-state index contributed by atoms with van der Waals surface area (Å²) in [6.45, 7) is 4.41. The van der Waals surface area contributed by atoms with Crippen LogP contribution in [0.2, 0.25) is 0 Å². The normalized spacial score (nSPS) is 11.0. The number of ketones is 1. The van der Waals surface area contributed by atoms with Gasteiger partial charge in [0.05, 0.1) is 0 Å². The Labute approximate surface area is 146 Å². The summed E-state index contributed by atoms with van der Waals surface area (Å²) in [6.07, 6.45) is 6.30. The van der Waals surface area contributed by atoms with Gasteiger partial charge in [-0.15, -0.1) is 0 Å². The highest BCUT2D eigenvalue weighted by Crippen LogP contribution is 2.19. The first-order chi connectivity index (χ1) is 12.1. The average Bonchev–Trinajstić information content (AvgIpc) is 3.06. The van der Waals surface area contributed by atoms with Gasteiger partial charge in [0.15, 0.2) is 5.78 Å². The number of aromatic nitrogens is 1. The highest BCUT2D eigenvalue weighted by atomic mass is 16.5. The van der Waals surface area contributed by atoms with Crippen molar-refractivity contribution in [2.45, 2.75) is 20.5 Å². The summed E-state index contributed by atoms with van der Waals surface area (Å²) in [7, 11) is 0. The van der Waals surface area contributed by atoms with E-state index in [0.29, 0.717) is 23.7 Å². The summed E-state index contributed by atoms with van der Waals surface area (Å²) < 4.78 is 11.4. The van der Waals surface area contributed by atoms with Crippen LogP contribution in [-0.4, -0.2) is 10.8 Å². The molecule has 0 amide bonds. The van der Waals surface area contributed by atoms with Crippen molar-refractivity contribution in [1.29, 1.82) is 0 Å². The summed E-state index contributed by atoms with van der Waals surface area (Å²) in [5.41, 5.74) is 2.86. The van der Waals surface area contributed by atoms with Gasteiger partial charge in [0.1, 0.15) is 23.9 Å². The lowest BCUT2D eigenvalue weighted by atomic mass is 10.1. The van der Waals surface area contributed by atoms with E-state index in [0.717, 1.165) is 16.9 Å². The molecular formula is C21H19NO3. The second-order valence-corrected chi connectivity index (χ2v) is 5.86. The summed E-state index contributed by atoms with van der Waals surface area (Å²) in [4.78, 5) is 15.9. The van der Waals surface area contributed by atoms with Crippen LogP contribution < -0.4 is 4.74 Å². The van der Waals surface area contributed by atoms with Gasteiger partial charge in [-0.25, -0.2) is 0 Å². The van der Waals surface area contributed by atoms with Gasteiger partial charge in [-0.1, -0.05) is 6.07 Å². The van der Waals surface area contributed by atoms with E-state index < -0.39 is 0 Å². The van der Waals surface area contributed by atoms with Crippen LogP contribution in [0.5, 0.6) is 5.75 Å². The molecule has 0 atom stereocenters. The number of hydrogen-bond acceptors (Lipinski definition) is 4. The van der Waals surface area contributed by atoms with Gasteiger partial charge in [0, 0.05) is 18.0 Å². The largest absolute Gasteiger partial charge is 0.486 e. The van der Waals surface area contributed by atoms with E-state index in [2.05, 4.69) is 11.1 Å². The van der Waals surface area contributed by atoms with Gasteiger partial charge in [-0.2, -0.15) is 0 Å². The Morgan fingerprint density at radius 3 is 2.68 bits per heavy atom. The van der Waals surface area contributed by atoms with Crippen LogP contribution in [0.25, 0.3) is 6.08 Å². The van der Waals surface area contributed by atoms with Gasteiger partial charge in [0.2, 0.25) is 0 Å². The van der Waals surface area contributed by atoms with Crippen LogP contribution in [0.15, 0.2) is 65.4 Å². The summed E-state index contributed by atoms with van der Waals surface area (Å²) in [6, 6.07) is 13.2. The SMILES string of the molecule is Cc1cc(C)cc(OCc2ccc(/C=C/C(=O)c3cccnc3)o2)c1. The summed E-state index contributed by atoms with van der Waals surface area (Å²) >= 11 is 0. The highest BCUT2D eigenvalue weighted by Gasteiger charge is 2.04. The van der Waals surface area contributed by atoms with Crippen molar-refractivity contribution in [2.75, 3.05) is 0 Å². The predicted molar refractivity (Wildman–Crippen MR) is 96.6 cm³/mol. The molecule has 4 heteroatoms. The molecular weight excluding hydrogens is 314 g/mol. The fourth-order valence-corrected chi connectivity index (χ4v) is 2.49. The van der Waals surface area contributed by atoms with Crippen molar-refractivity contribution in [3.63, 3.8) is 0 Å². The minimum atomic E-state index is -0.113. The Morgan fingerprint density at radius 1 is 1.16 bits per heavy atom. The van der Waals surface area contributed by atoms with Gasteiger partial charge < -0.3 is 9.15 Å². The molecule has 25 heavy (non-hydrogen) atoms. The zero-order valence-corrected chi connectivity index (χ0v) is 14.2. The lowest BCUT2D eigenvalue weighted by molar-refractivity contribution is 0.104. The molecule has 3 rings (SSSR count). The van der Waals surface area contributed by atoms with Crippen LogP contribution in [0, 0.1) is 13.8 Å². The molecule has 2 heterocycles. The molecule has 0 aliphatic heterocycles. The molecule has 3 aromatic rings. The zero-order chi connectivity index (χ0) is 17.6. The lowest BCUT2D eigenvalue weighted by Gasteiger charge is -2.06. The number of aryl methyl sites for hydroxylation is 2. The Kier molecular flexibility index (Phi) is 5.09. The van der Waals surface area contributed by atoms with E-state index >= 15 is 0 Å². The third kappa shape index (κ3) is 4.67. The Hall–Kier alpha value is -3.14. The molecule has 4 nitrogen and oxygen atoms in total. The van der Waals surface area contributed by atoms with E-state index in [1.807, 2.05) is 38.1 Å². The zero-order valence-electron chi connectivity index (χ0n) is 14.2. The molecule has 0 radical (unpaired) electrons. The predicted octanol–water partition coefficient (Wildman–Crippen LogP) is 4.77. The number of furan rings is 1. The molecule has 0 unspecified atom stereocenters. The standard InChI is InChI=1S/C21H19NO3/c1-15-10-16(2)12-20(11-15)24-14-19-6-5-18(25-19)7-8-21(23)17-4-3-9-22-13-17/h3-13H,14H2,1-2H3/b8-7+. The average molecular weight is 333 g/mol. The molecule has 0 saturated heterocycles. The van der Waals surface area contributed by atoms with E-state index in [4.69, 9.17) is 9.15 Å². The van der Waals surface area contributed by atoms with E-state index in [1.165, 1.54) is 12.3 Å². The monoisotopic (exact) mass is 333 g/mol. The first-order valence-electron chi connectivity index (χ1n) is 8.02. The van der Waals surface area contributed by atoms with Crippen LogP contribution >= 0.6 is 0 Å². The first-order valence-corrected chi connectivity index (χ1v) is 8.02. The number of rotatable bonds is 6. The number of carbonyl (C=O) groups excluding carboxylic acids is 1. The number of carbonyl (C=O) groups is 1. The highest BCUT2D eigenvalue weighted by molar-refractivity contribution is 6.06. The van der Waals surface area contributed by atoms with Crippen LogP contribution in [0.4, 0.5) is 0 Å². The molecule has 2 aromatic heterocycles. The molecule has 0 bridgehead atoms. The second-order valence-electron chi connectivity index (χ2n) is 5.86. The van der Waals surface area contributed by atoms with Gasteiger partial charge >= 0.3 is 0 Å². The molecule has 0 aliphatic rings. The number of hydrogen-bond donors (Lipinski definition) is 0. The van der Waals surface area contributed by atoms with Crippen LogP contribution in [-0.2, 0) is 6.61 Å². The number of pyridine rings is 1. The molecule has 0 aliphatic carbocycles. The van der Waals surface area contributed by atoms with Crippen LogP contribution in [0.3, 0.4) is 0 Å². The lowest BCUT2D eigenvalue weighted by Crippen LogP contribution is -1.94. The van der Waals surface area contributed by atoms with Crippen molar-refractivity contribution < 1.29 is 13.9 Å². The molecule has 0 N–H and O–H groups in total. The fourth-order valence-electron chi connectivity index (χ4n) is 2.49. The number of nitrogens with zero attached hydrogens (tertiary/aromatic N) is 1. The molecule has 126 valence electrons. The van der Waals surface area contributed by atoms with E-state index in [1.54, 1.807) is 24.4 Å². The van der Waals surface area contributed by atoms with Crippen molar-refractivity contribution in [3.8, 4) is 5.75 Å². The Bertz CT molecular complexity index is 874. The van der Waals surface area contributed by atoms with Gasteiger partial charge in [-0.3, -0.25) is 9.78 Å². The number of allylic oxidation sites excluding steroid dienone is 1. The quantitative estimate of drug-likeness (QED) is 0.482. The van der Waals surface area contributed by atoms with Gasteiger partial charge in [0.25, 0.3) is 0 Å². The smallest absolute Gasteiger partial charge is 0.187 e. The Balaban J connectivity index is 1.60. The van der Waals surface area contributed by atoms with Crippen molar-refractivity contribution >= 4 is 11.9 Å². The van der Waals surface area contributed by atoms with Crippen molar-refractivity contribution in [1.82, 2.24) is 4.98 Å². The van der Waals surface area contributed by atoms with E-state index in [-0.39, 0.29) is 5.78 Å². The Morgan fingerprint density at radius 2 is 1.96 bits per heavy atom. The summed E-state index contributed by atoms with van der Waals surface area (Å²) in [5, 5.41) is 0. The second kappa shape index (κ2) is 7.62. The molecule has 0 spiro atoms. The molecule has 0 fully saturated rings. The van der Waals surface area contributed by atoms with E-state index in [9.17, 15) is 4.79 Å².